The Kier molecular flexibility index (Phi) is 5.53. The van der Waals surface area contributed by atoms with Crippen LogP contribution in [0, 0.1) is 0 Å². The second-order valence-electron chi connectivity index (χ2n) is 5.24. The van der Waals surface area contributed by atoms with E-state index in [1.54, 1.807) is 23.5 Å². The standard InChI is InChI=1S/C19H16N2O3S/c22-17(13-24-19(23)15-8-10-20-11-9-15)21-18(16-7-4-12-25-16)14-5-2-1-3-6-14/h1-12,18H,13H2,(H,21,22)/t18-/m1/s1. The maximum atomic E-state index is 12.3. The normalized spacial score (nSPS) is 11.5. The molecule has 0 saturated heterocycles. The predicted octanol–water partition coefficient (Wildman–Crippen LogP) is 3.21. The van der Waals surface area contributed by atoms with Crippen LogP contribution in [0.25, 0.3) is 0 Å². The number of rotatable bonds is 6. The van der Waals surface area contributed by atoms with Crippen molar-refractivity contribution in [3.63, 3.8) is 0 Å². The van der Waals surface area contributed by atoms with Gasteiger partial charge in [0.15, 0.2) is 6.61 Å². The third-order valence-electron chi connectivity index (χ3n) is 3.52. The molecule has 3 aromatic rings. The second-order valence-corrected chi connectivity index (χ2v) is 6.22. The zero-order valence-electron chi connectivity index (χ0n) is 13.3. The van der Waals surface area contributed by atoms with E-state index in [2.05, 4.69) is 10.3 Å². The van der Waals surface area contributed by atoms with Crippen LogP contribution in [-0.2, 0) is 9.53 Å². The molecule has 1 aromatic carbocycles. The Labute approximate surface area is 149 Å². The van der Waals surface area contributed by atoms with E-state index in [9.17, 15) is 9.59 Å². The number of ether oxygens (including phenoxy) is 1. The molecule has 0 spiro atoms. The minimum atomic E-state index is -0.551. The van der Waals surface area contributed by atoms with Crippen LogP contribution in [-0.4, -0.2) is 23.5 Å². The Bertz CT molecular complexity index is 820. The maximum Gasteiger partial charge on any atom is 0.338 e. The Hall–Kier alpha value is -2.99. The summed E-state index contributed by atoms with van der Waals surface area (Å²) in [6.07, 6.45) is 3.00. The van der Waals surface area contributed by atoms with E-state index in [-0.39, 0.29) is 18.6 Å². The van der Waals surface area contributed by atoms with Gasteiger partial charge < -0.3 is 10.1 Å². The lowest BCUT2D eigenvalue weighted by Crippen LogP contribution is -2.32. The van der Waals surface area contributed by atoms with Crippen molar-refractivity contribution in [1.82, 2.24) is 10.3 Å². The third kappa shape index (κ3) is 4.51. The topological polar surface area (TPSA) is 68.3 Å². The molecule has 5 nitrogen and oxygen atoms in total. The third-order valence-corrected chi connectivity index (χ3v) is 4.45. The van der Waals surface area contributed by atoms with Gasteiger partial charge in [0.25, 0.3) is 5.91 Å². The summed E-state index contributed by atoms with van der Waals surface area (Å²) in [6, 6.07) is 16.4. The number of aromatic nitrogens is 1. The number of thiophene rings is 1. The Morgan fingerprint density at radius 1 is 1.04 bits per heavy atom. The summed E-state index contributed by atoms with van der Waals surface area (Å²) in [5, 5.41) is 4.88. The van der Waals surface area contributed by atoms with E-state index in [1.165, 1.54) is 12.4 Å². The number of carbonyl (C=O) groups is 2. The highest BCUT2D eigenvalue weighted by Crippen LogP contribution is 2.25. The Morgan fingerprint density at radius 3 is 2.48 bits per heavy atom. The number of hydrogen-bond donors (Lipinski definition) is 1. The molecule has 0 fully saturated rings. The number of esters is 1. The first kappa shape index (κ1) is 16.9. The molecule has 1 amide bonds. The minimum absolute atomic E-state index is 0.270. The van der Waals surface area contributed by atoms with Crippen molar-refractivity contribution < 1.29 is 14.3 Å². The summed E-state index contributed by atoms with van der Waals surface area (Å²) in [4.78, 5) is 29.0. The average molecular weight is 352 g/mol. The van der Waals surface area contributed by atoms with Crippen LogP contribution in [0.2, 0.25) is 0 Å². The van der Waals surface area contributed by atoms with Crippen molar-refractivity contribution >= 4 is 23.2 Å². The summed E-state index contributed by atoms with van der Waals surface area (Å²) >= 11 is 1.56. The zero-order chi connectivity index (χ0) is 17.5. The first-order valence-electron chi connectivity index (χ1n) is 7.69. The van der Waals surface area contributed by atoms with Gasteiger partial charge in [0.2, 0.25) is 0 Å². The van der Waals surface area contributed by atoms with Crippen LogP contribution in [0.3, 0.4) is 0 Å². The van der Waals surface area contributed by atoms with Crippen molar-refractivity contribution in [2.45, 2.75) is 6.04 Å². The van der Waals surface area contributed by atoms with Gasteiger partial charge in [-0.05, 0) is 29.1 Å². The van der Waals surface area contributed by atoms with Gasteiger partial charge >= 0.3 is 5.97 Å². The lowest BCUT2D eigenvalue weighted by Gasteiger charge is -2.18. The van der Waals surface area contributed by atoms with Gasteiger partial charge in [-0.2, -0.15) is 0 Å². The van der Waals surface area contributed by atoms with Crippen LogP contribution in [0.4, 0.5) is 0 Å². The molecule has 1 atom stereocenters. The Morgan fingerprint density at radius 2 is 1.80 bits per heavy atom. The molecule has 3 rings (SSSR count). The first-order valence-corrected chi connectivity index (χ1v) is 8.57. The highest BCUT2D eigenvalue weighted by Gasteiger charge is 2.18. The van der Waals surface area contributed by atoms with Gasteiger partial charge in [-0.1, -0.05) is 36.4 Å². The zero-order valence-corrected chi connectivity index (χ0v) is 14.1. The van der Waals surface area contributed by atoms with Crippen molar-refractivity contribution in [2.75, 3.05) is 6.61 Å². The van der Waals surface area contributed by atoms with E-state index >= 15 is 0 Å². The Balaban J connectivity index is 1.64. The molecule has 126 valence electrons. The fraction of sp³-hybridized carbons (Fsp3) is 0.105. The van der Waals surface area contributed by atoms with Gasteiger partial charge in [-0.15, -0.1) is 11.3 Å². The summed E-state index contributed by atoms with van der Waals surface area (Å²) in [5.74, 6) is -0.908. The van der Waals surface area contributed by atoms with Crippen LogP contribution < -0.4 is 5.32 Å². The SMILES string of the molecule is O=C(COC(=O)c1ccncc1)N[C@H](c1ccccc1)c1cccs1. The number of amides is 1. The quantitative estimate of drug-likeness (QED) is 0.692. The molecule has 0 unspecified atom stereocenters. The molecule has 1 N–H and O–H groups in total. The maximum absolute atomic E-state index is 12.3. The predicted molar refractivity (Wildman–Crippen MR) is 95.3 cm³/mol. The number of pyridine rings is 1. The summed E-state index contributed by atoms with van der Waals surface area (Å²) in [7, 11) is 0. The highest BCUT2D eigenvalue weighted by molar-refractivity contribution is 7.10. The molecular weight excluding hydrogens is 336 g/mol. The lowest BCUT2D eigenvalue weighted by molar-refractivity contribution is -0.124. The van der Waals surface area contributed by atoms with Gasteiger partial charge in [-0.3, -0.25) is 9.78 Å². The monoisotopic (exact) mass is 352 g/mol. The smallest absolute Gasteiger partial charge is 0.338 e. The second kappa shape index (κ2) is 8.21. The molecule has 0 aliphatic heterocycles. The first-order chi connectivity index (χ1) is 12.2. The van der Waals surface area contributed by atoms with E-state index < -0.39 is 5.97 Å². The van der Waals surface area contributed by atoms with E-state index in [0.29, 0.717) is 5.56 Å². The summed E-state index contributed by atoms with van der Waals surface area (Å²) in [6.45, 7) is -0.337. The lowest BCUT2D eigenvalue weighted by atomic mass is 10.1. The summed E-state index contributed by atoms with van der Waals surface area (Å²) < 4.78 is 5.07. The van der Waals surface area contributed by atoms with Crippen molar-refractivity contribution in [3.8, 4) is 0 Å². The van der Waals surface area contributed by atoms with Crippen LogP contribution in [0.1, 0.15) is 26.8 Å². The summed E-state index contributed by atoms with van der Waals surface area (Å²) in [5.41, 5.74) is 1.33. The van der Waals surface area contributed by atoms with Crippen molar-refractivity contribution in [3.05, 3.63) is 88.4 Å². The molecule has 6 heteroatoms. The molecule has 2 aromatic heterocycles. The number of nitrogens with zero attached hydrogens (tertiary/aromatic N) is 1. The fourth-order valence-electron chi connectivity index (χ4n) is 2.32. The van der Waals surface area contributed by atoms with Crippen molar-refractivity contribution in [1.29, 1.82) is 0 Å². The van der Waals surface area contributed by atoms with E-state index in [4.69, 9.17) is 4.74 Å². The van der Waals surface area contributed by atoms with Gasteiger partial charge in [-0.25, -0.2) is 4.79 Å². The largest absolute Gasteiger partial charge is 0.452 e. The van der Waals surface area contributed by atoms with Crippen LogP contribution >= 0.6 is 11.3 Å². The van der Waals surface area contributed by atoms with E-state index in [1.807, 2.05) is 47.8 Å². The molecule has 25 heavy (non-hydrogen) atoms. The molecule has 0 saturated carbocycles. The number of hydrogen-bond acceptors (Lipinski definition) is 5. The molecular formula is C19H16N2O3S. The molecule has 0 aliphatic carbocycles. The molecule has 0 bridgehead atoms. The highest BCUT2D eigenvalue weighted by atomic mass is 32.1. The number of benzene rings is 1. The molecule has 2 heterocycles. The van der Waals surface area contributed by atoms with Crippen molar-refractivity contribution in [2.24, 2.45) is 0 Å². The molecule has 0 aliphatic rings. The van der Waals surface area contributed by atoms with E-state index in [0.717, 1.165) is 10.4 Å². The van der Waals surface area contributed by atoms with Crippen LogP contribution in [0.15, 0.2) is 72.4 Å². The van der Waals surface area contributed by atoms with Gasteiger partial charge in [0.05, 0.1) is 11.6 Å². The van der Waals surface area contributed by atoms with Crippen LogP contribution in [0.5, 0.6) is 0 Å². The molecule has 0 radical (unpaired) electrons. The fourth-order valence-corrected chi connectivity index (χ4v) is 3.13. The average Bonchev–Trinajstić information content (AvgIpc) is 3.20. The number of carbonyl (C=O) groups excluding carboxylic acids is 2. The van der Waals surface area contributed by atoms with Gasteiger partial charge in [0.1, 0.15) is 0 Å². The van der Waals surface area contributed by atoms with Gasteiger partial charge in [0, 0.05) is 17.3 Å². The number of nitrogens with one attached hydrogen (secondary N) is 1. The minimum Gasteiger partial charge on any atom is -0.452 e.